The van der Waals surface area contributed by atoms with E-state index in [-0.39, 0.29) is 6.10 Å². The Morgan fingerprint density at radius 1 is 1.44 bits per heavy atom. The third kappa shape index (κ3) is 2.74. The van der Waals surface area contributed by atoms with Gasteiger partial charge in [-0.15, -0.1) is 0 Å². The molecule has 1 N–H and O–H groups in total. The summed E-state index contributed by atoms with van der Waals surface area (Å²) in [5, 5.41) is 12.3. The van der Waals surface area contributed by atoms with E-state index in [0.29, 0.717) is 23.1 Å². The predicted molar refractivity (Wildman–Crippen MR) is 68.8 cm³/mol. The maximum Gasteiger partial charge on any atom is 0.162 e. The summed E-state index contributed by atoms with van der Waals surface area (Å²) in [6, 6.07) is 7.72. The first kappa shape index (κ1) is 12.7. The monoisotopic (exact) mass is 246 g/mol. The van der Waals surface area contributed by atoms with Crippen molar-refractivity contribution in [2.75, 3.05) is 13.7 Å². The molecule has 0 aromatic heterocycles. The maximum absolute atomic E-state index is 8.85. The molecule has 1 aliphatic heterocycles. The van der Waals surface area contributed by atoms with Crippen LogP contribution in [0.4, 0.5) is 0 Å². The van der Waals surface area contributed by atoms with Gasteiger partial charge in [0, 0.05) is 12.1 Å². The molecule has 2 rings (SSSR count). The molecule has 1 saturated heterocycles. The van der Waals surface area contributed by atoms with Gasteiger partial charge in [-0.3, -0.25) is 0 Å². The third-order valence-electron chi connectivity index (χ3n) is 3.27. The van der Waals surface area contributed by atoms with Crippen molar-refractivity contribution in [2.24, 2.45) is 0 Å². The van der Waals surface area contributed by atoms with Gasteiger partial charge in [-0.1, -0.05) is 0 Å². The second-order valence-electron chi connectivity index (χ2n) is 4.50. The van der Waals surface area contributed by atoms with Crippen molar-refractivity contribution in [1.29, 1.82) is 5.26 Å². The summed E-state index contributed by atoms with van der Waals surface area (Å²) in [6.07, 6.45) is 2.43. The number of nitrogens with zero attached hydrogens (tertiary/aromatic N) is 1. The number of hydrogen-bond donors (Lipinski definition) is 1. The van der Waals surface area contributed by atoms with Gasteiger partial charge in [0.2, 0.25) is 0 Å². The number of ether oxygens (including phenoxy) is 2. The topological polar surface area (TPSA) is 54.3 Å². The Labute approximate surface area is 108 Å². The van der Waals surface area contributed by atoms with Crippen LogP contribution in [-0.4, -0.2) is 25.8 Å². The molecule has 1 aromatic rings. The van der Waals surface area contributed by atoms with Gasteiger partial charge in [0.15, 0.2) is 11.5 Å². The van der Waals surface area contributed by atoms with Crippen molar-refractivity contribution in [1.82, 2.24) is 5.32 Å². The van der Waals surface area contributed by atoms with E-state index in [0.717, 1.165) is 13.0 Å². The van der Waals surface area contributed by atoms with Gasteiger partial charge in [0.25, 0.3) is 0 Å². The van der Waals surface area contributed by atoms with E-state index < -0.39 is 0 Å². The standard InChI is InChI=1S/C14H18N2O2/c1-10(12-4-3-7-16-12)18-13-6-5-11(9-15)8-14(13)17-2/h5-6,8,10,12,16H,3-4,7H2,1-2H3. The number of rotatable bonds is 4. The van der Waals surface area contributed by atoms with E-state index in [1.165, 1.54) is 6.42 Å². The van der Waals surface area contributed by atoms with E-state index in [2.05, 4.69) is 18.3 Å². The van der Waals surface area contributed by atoms with E-state index in [4.69, 9.17) is 14.7 Å². The number of hydrogen-bond acceptors (Lipinski definition) is 4. The minimum Gasteiger partial charge on any atom is -0.493 e. The zero-order valence-electron chi connectivity index (χ0n) is 10.8. The fraction of sp³-hybridized carbons (Fsp3) is 0.500. The molecule has 0 radical (unpaired) electrons. The summed E-state index contributed by atoms with van der Waals surface area (Å²) in [6.45, 7) is 3.11. The van der Waals surface area contributed by atoms with Gasteiger partial charge in [0.1, 0.15) is 6.10 Å². The van der Waals surface area contributed by atoms with Gasteiger partial charge < -0.3 is 14.8 Å². The Hall–Kier alpha value is -1.73. The Kier molecular flexibility index (Phi) is 4.06. The fourth-order valence-electron chi connectivity index (χ4n) is 2.23. The van der Waals surface area contributed by atoms with Crippen LogP contribution in [-0.2, 0) is 0 Å². The van der Waals surface area contributed by atoms with Crippen LogP contribution < -0.4 is 14.8 Å². The molecule has 0 saturated carbocycles. The summed E-state index contributed by atoms with van der Waals surface area (Å²) in [5.74, 6) is 1.30. The molecule has 0 aliphatic carbocycles. The molecule has 96 valence electrons. The van der Waals surface area contributed by atoms with E-state index >= 15 is 0 Å². The maximum atomic E-state index is 8.85. The molecule has 1 aromatic carbocycles. The Balaban J connectivity index is 2.10. The van der Waals surface area contributed by atoms with Crippen molar-refractivity contribution in [3.05, 3.63) is 23.8 Å². The highest BCUT2D eigenvalue weighted by Gasteiger charge is 2.23. The molecule has 4 nitrogen and oxygen atoms in total. The average molecular weight is 246 g/mol. The van der Waals surface area contributed by atoms with E-state index in [1.54, 1.807) is 25.3 Å². The highest BCUT2D eigenvalue weighted by molar-refractivity contribution is 5.46. The second kappa shape index (κ2) is 5.74. The molecular formula is C14H18N2O2. The van der Waals surface area contributed by atoms with Crippen LogP contribution >= 0.6 is 0 Å². The van der Waals surface area contributed by atoms with Crippen LogP contribution in [0.25, 0.3) is 0 Å². The number of benzene rings is 1. The first-order chi connectivity index (χ1) is 8.74. The lowest BCUT2D eigenvalue weighted by atomic mass is 10.1. The lowest BCUT2D eigenvalue weighted by Gasteiger charge is -2.22. The number of nitrogens with one attached hydrogen (secondary N) is 1. The summed E-state index contributed by atoms with van der Waals surface area (Å²) in [5.41, 5.74) is 0.575. The summed E-state index contributed by atoms with van der Waals surface area (Å²) >= 11 is 0. The molecule has 4 heteroatoms. The van der Waals surface area contributed by atoms with Gasteiger partial charge in [0.05, 0.1) is 18.7 Å². The highest BCUT2D eigenvalue weighted by Crippen LogP contribution is 2.29. The van der Waals surface area contributed by atoms with Crippen molar-refractivity contribution in [3.63, 3.8) is 0 Å². The summed E-state index contributed by atoms with van der Waals surface area (Å²) in [7, 11) is 1.59. The predicted octanol–water partition coefficient (Wildman–Crippen LogP) is 2.09. The SMILES string of the molecule is COc1cc(C#N)ccc1OC(C)C1CCCN1. The molecular weight excluding hydrogens is 228 g/mol. The smallest absolute Gasteiger partial charge is 0.162 e. The van der Waals surface area contributed by atoms with Crippen LogP contribution in [0, 0.1) is 11.3 Å². The molecule has 0 bridgehead atoms. The number of methoxy groups -OCH3 is 1. The van der Waals surface area contributed by atoms with Gasteiger partial charge >= 0.3 is 0 Å². The molecule has 2 atom stereocenters. The van der Waals surface area contributed by atoms with Gasteiger partial charge in [-0.05, 0) is 38.4 Å². The Morgan fingerprint density at radius 3 is 2.89 bits per heavy atom. The van der Waals surface area contributed by atoms with Crippen LogP contribution in [0.3, 0.4) is 0 Å². The second-order valence-corrected chi connectivity index (χ2v) is 4.50. The van der Waals surface area contributed by atoms with Crippen LogP contribution in [0.2, 0.25) is 0 Å². The fourth-order valence-corrected chi connectivity index (χ4v) is 2.23. The van der Waals surface area contributed by atoms with Crippen LogP contribution in [0.1, 0.15) is 25.3 Å². The zero-order valence-corrected chi connectivity index (χ0v) is 10.8. The largest absolute Gasteiger partial charge is 0.493 e. The van der Waals surface area contributed by atoms with Crippen molar-refractivity contribution in [3.8, 4) is 17.6 Å². The van der Waals surface area contributed by atoms with Crippen molar-refractivity contribution in [2.45, 2.75) is 31.9 Å². The van der Waals surface area contributed by atoms with Crippen molar-refractivity contribution < 1.29 is 9.47 Å². The summed E-state index contributed by atoms with van der Waals surface area (Å²) < 4.78 is 11.2. The first-order valence-corrected chi connectivity index (χ1v) is 6.22. The van der Waals surface area contributed by atoms with Crippen LogP contribution in [0.5, 0.6) is 11.5 Å². The quantitative estimate of drug-likeness (QED) is 0.883. The Bertz CT molecular complexity index is 448. The molecule has 1 aliphatic rings. The van der Waals surface area contributed by atoms with E-state index in [1.807, 2.05) is 0 Å². The molecule has 18 heavy (non-hydrogen) atoms. The Morgan fingerprint density at radius 2 is 2.28 bits per heavy atom. The summed E-state index contributed by atoms with van der Waals surface area (Å²) in [4.78, 5) is 0. The molecule has 2 unspecified atom stereocenters. The average Bonchev–Trinajstić information content (AvgIpc) is 2.93. The molecule has 1 heterocycles. The minimum atomic E-state index is 0.0920. The third-order valence-corrected chi connectivity index (χ3v) is 3.27. The molecule has 0 amide bonds. The molecule has 1 fully saturated rings. The minimum absolute atomic E-state index is 0.0920. The van der Waals surface area contributed by atoms with Crippen LogP contribution in [0.15, 0.2) is 18.2 Å². The number of nitriles is 1. The normalized spacial score (nSPS) is 20.2. The first-order valence-electron chi connectivity index (χ1n) is 6.22. The lowest BCUT2D eigenvalue weighted by molar-refractivity contribution is 0.173. The zero-order chi connectivity index (χ0) is 13.0. The van der Waals surface area contributed by atoms with E-state index in [9.17, 15) is 0 Å². The van der Waals surface area contributed by atoms with Gasteiger partial charge in [-0.25, -0.2) is 0 Å². The lowest BCUT2D eigenvalue weighted by Crippen LogP contribution is -2.36. The molecule has 0 spiro atoms. The van der Waals surface area contributed by atoms with Gasteiger partial charge in [-0.2, -0.15) is 5.26 Å². The highest BCUT2D eigenvalue weighted by atomic mass is 16.5. The van der Waals surface area contributed by atoms with Crippen molar-refractivity contribution >= 4 is 0 Å².